The Kier molecular flexibility index (Phi) is 5.36. The van der Waals surface area contributed by atoms with Crippen molar-refractivity contribution in [3.05, 3.63) is 35.4 Å². The van der Waals surface area contributed by atoms with Crippen LogP contribution in [0.2, 0.25) is 0 Å². The number of carbonyl (C=O) groups excluding carboxylic acids is 3. The lowest BCUT2D eigenvalue weighted by molar-refractivity contribution is -0.148. The summed E-state index contributed by atoms with van der Waals surface area (Å²) in [5, 5.41) is 5.48. The van der Waals surface area contributed by atoms with Gasteiger partial charge in [-0.1, -0.05) is 20.3 Å². The van der Waals surface area contributed by atoms with Gasteiger partial charge in [-0.2, -0.15) is 13.2 Å². The molecule has 3 rings (SSSR count). The number of nitrogens with one attached hydrogen (secondary N) is 2. The van der Waals surface area contributed by atoms with Crippen LogP contribution in [0.1, 0.15) is 42.6 Å². The summed E-state index contributed by atoms with van der Waals surface area (Å²) in [5.74, 6) is -0.940. The number of rotatable bonds is 4. The van der Waals surface area contributed by atoms with E-state index in [-0.39, 0.29) is 36.3 Å². The molecule has 0 saturated carbocycles. The Morgan fingerprint density at radius 1 is 1.29 bits per heavy atom. The zero-order valence-electron chi connectivity index (χ0n) is 15.5. The Morgan fingerprint density at radius 3 is 2.50 bits per heavy atom. The average Bonchev–Trinajstić information content (AvgIpc) is 3.08. The minimum absolute atomic E-state index is 0.00168. The number of benzene rings is 1. The molecule has 0 radical (unpaired) electrons. The van der Waals surface area contributed by atoms with Gasteiger partial charge in [0.1, 0.15) is 12.1 Å². The number of amides is 3. The smallest absolute Gasteiger partial charge is 0.347 e. The van der Waals surface area contributed by atoms with Gasteiger partial charge >= 0.3 is 6.18 Å². The quantitative estimate of drug-likeness (QED) is 0.815. The summed E-state index contributed by atoms with van der Waals surface area (Å²) in [6.45, 7) is 4.03. The van der Waals surface area contributed by atoms with Crippen molar-refractivity contribution in [1.29, 1.82) is 0 Å². The molecule has 2 saturated heterocycles. The molecular formula is C19H22F3N3O3. The number of carbonyl (C=O) groups is 3. The Hall–Kier alpha value is -2.58. The fourth-order valence-corrected chi connectivity index (χ4v) is 3.62. The maximum Gasteiger partial charge on any atom is 0.416 e. The van der Waals surface area contributed by atoms with Gasteiger partial charge in [0.15, 0.2) is 0 Å². The van der Waals surface area contributed by atoms with E-state index in [2.05, 4.69) is 10.6 Å². The van der Waals surface area contributed by atoms with Crippen LogP contribution < -0.4 is 10.6 Å². The van der Waals surface area contributed by atoms with Crippen LogP contribution in [0.4, 0.5) is 13.2 Å². The maximum atomic E-state index is 12.7. The zero-order chi connectivity index (χ0) is 20.6. The molecule has 1 aromatic carbocycles. The Morgan fingerprint density at radius 2 is 1.93 bits per heavy atom. The van der Waals surface area contributed by atoms with Gasteiger partial charge in [-0.3, -0.25) is 14.4 Å². The monoisotopic (exact) mass is 397 g/mol. The average molecular weight is 397 g/mol. The Balaban J connectivity index is 1.66. The van der Waals surface area contributed by atoms with Gasteiger partial charge in [0, 0.05) is 18.2 Å². The standard InChI is InChI=1S/C19H22F3N3O3/c1-3-10(2)15-18(28)25-9-13(8-14(25)17(27)24-15)23-16(26)11-4-6-12(7-5-11)19(20,21)22/h4-7,10,13-15H,3,8-9H2,1-2H3,(H,23,26)(H,24,27)/t10-,13-,14-,15-/m0/s1. The van der Waals surface area contributed by atoms with Crippen molar-refractivity contribution in [3.63, 3.8) is 0 Å². The third-order valence-corrected chi connectivity index (χ3v) is 5.47. The topological polar surface area (TPSA) is 78.5 Å². The Labute approximate surface area is 160 Å². The zero-order valence-corrected chi connectivity index (χ0v) is 15.5. The molecule has 9 heteroatoms. The predicted molar refractivity (Wildman–Crippen MR) is 94.2 cm³/mol. The third kappa shape index (κ3) is 3.83. The van der Waals surface area contributed by atoms with Crippen LogP contribution >= 0.6 is 0 Å². The van der Waals surface area contributed by atoms with Gasteiger partial charge in [0.25, 0.3) is 5.91 Å². The van der Waals surface area contributed by atoms with E-state index in [0.717, 1.165) is 30.7 Å². The van der Waals surface area contributed by atoms with Crippen molar-refractivity contribution < 1.29 is 27.6 Å². The Bertz CT molecular complexity index is 779. The number of nitrogens with zero attached hydrogens (tertiary/aromatic N) is 1. The molecule has 6 nitrogen and oxygen atoms in total. The number of fused-ring (bicyclic) bond motifs is 1. The van der Waals surface area contributed by atoms with Crippen molar-refractivity contribution in [2.24, 2.45) is 5.92 Å². The highest BCUT2D eigenvalue weighted by atomic mass is 19.4. The molecule has 4 atom stereocenters. The molecule has 2 N–H and O–H groups in total. The first-order valence-corrected chi connectivity index (χ1v) is 9.20. The molecule has 152 valence electrons. The molecular weight excluding hydrogens is 375 g/mol. The largest absolute Gasteiger partial charge is 0.416 e. The summed E-state index contributed by atoms with van der Waals surface area (Å²) in [4.78, 5) is 38.9. The lowest BCUT2D eigenvalue weighted by atomic mass is 9.95. The highest BCUT2D eigenvalue weighted by molar-refractivity contribution is 5.98. The van der Waals surface area contributed by atoms with E-state index in [1.54, 1.807) is 0 Å². The SMILES string of the molecule is CC[C@H](C)[C@@H]1NC(=O)[C@@H]2C[C@H](NC(=O)c3ccc(C(F)(F)F)cc3)CN2C1=O. The normalized spacial score (nSPS) is 25.9. The molecule has 0 spiro atoms. The lowest BCUT2D eigenvalue weighted by Gasteiger charge is -2.36. The van der Waals surface area contributed by atoms with E-state index >= 15 is 0 Å². The summed E-state index contributed by atoms with van der Waals surface area (Å²) in [6.07, 6.45) is -3.45. The molecule has 0 unspecified atom stereocenters. The number of halogens is 3. The fourth-order valence-electron chi connectivity index (χ4n) is 3.62. The van der Waals surface area contributed by atoms with Crippen LogP contribution in [-0.4, -0.2) is 47.3 Å². The van der Waals surface area contributed by atoms with Crippen LogP contribution in [0.15, 0.2) is 24.3 Å². The number of alkyl halides is 3. The molecule has 1 aromatic rings. The maximum absolute atomic E-state index is 12.7. The molecule has 0 aliphatic carbocycles. The summed E-state index contributed by atoms with van der Waals surface area (Å²) >= 11 is 0. The van der Waals surface area contributed by atoms with Crippen molar-refractivity contribution >= 4 is 17.7 Å². The van der Waals surface area contributed by atoms with Gasteiger partial charge in [0.05, 0.1) is 5.56 Å². The van der Waals surface area contributed by atoms with Crippen LogP contribution in [0.5, 0.6) is 0 Å². The number of hydrogen-bond donors (Lipinski definition) is 2. The van der Waals surface area contributed by atoms with E-state index in [0.29, 0.717) is 0 Å². The second-order valence-electron chi connectivity index (χ2n) is 7.36. The fraction of sp³-hybridized carbons (Fsp3) is 0.526. The summed E-state index contributed by atoms with van der Waals surface area (Å²) in [5.41, 5.74) is -0.744. The molecule has 2 heterocycles. The second-order valence-corrected chi connectivity index (χ2v) is 7.36. The van der Waals surface area contributed by atoms with Crippen LogP contribution in [-0.2, 0) is 15.8 Å². The molecule has 28 heavy (non-hydrogen) atoms. The highest BCUT2D eigenvalue weighted by Crippen LogP contribution is 2.29. The predicted octanol–water partition coefficient (Wildman–Crippen LogP) is 1.95. The van der Waals surface area contributed by atoms with Crippen LogP contribution in [0, 0.1) is 5.92 Å². The van der Waals surface area contributed by atoms with Crippen molar-refractivity contribution in [2.45, 2.75) is 51.0 Å². The summed E-state index contributed by atoms with van der Waals surface area (Å²) in [7, 11) is 0. The van der Waals surface area contributed by atoms with E-state index in [4.69, 9.17) is 0 Å². The second kappa shape index (κ2) is 7.44. The number of piperazine rings is 1. The van der Waals surface area contributed by atoms with Crippen molar-refractivity contribution in [2.75, 3.05) is 6.54 Å². The van der Waals surface area contributed by atoms with Gasteiger partial charge < -0.3 is 15.5 Å². The molecule has 2 fully saturated rings. The van der Waals surface area contributed by atoms with Gasteiger partial charge in [-0.15, -0.1) is 0 Å². The van der Waals surface area contributed by atoms with Crippen molar-refractivity contribution in [1.82, 2.24) is 15.5 Å². The first kappa shape index (κ1) is 20.2. The van der Waals surface area contributed by atoms with E-state index < -0.39 is 35.8 Å². The van der Waals surface area contributed by atoms with E-state index in [1.165, 1.54) is 4.90 Å². The van der Waals surface area contributed by atoms with Gasteiger partial charge in [0.2, 0.25) is 11.8 Å². The minimum Gasteiger partial charge on any atom is -0.347 e. The minimum atomic E-state index is -4.47. The number of hydrogen-bond acceptors (Lipinski definition) is 3. The van der Waals surface area contributed by atoms with E-state index in [9.17, 15) is 27.6 Å². The summed E-state index contributed by atoms with van der Waals surface area (Å²) < 4.78 is 37.9. The van der Waals surface area contributed by atoms with Crippen molar-refractivity contribution in [3.8, 4) is 0 Å². The molecule has 0 aromatic heterocycles. The molecule has 2 aliphatic rings. The highest BCUT2D eigenvalue weighted by Gasteiger charge is 2.47. The summed E-state index contributed by atoms with van der Waals surface area (Å²) in [6, 6.07) is 2.27. The first-order chi connectivity index (χ1) is 13.1. The third-order valence-electron chi connectivity index (χ3n) is 5.47. The molecule has 2 aliphatic heterocycles. The first-order valence-electron chi connectivity index (χ1n) is 9.20. The van der Waals surface area contributed by atoms with Crippen LogP contribution in [0.3, 0.4) is 0 Å². The lowest BCUT2D eigenvalue weighted by Crippen LogP contribution is -2.62. The van der Waals surface area contributed by atoms with Gasteiger partial charge in [-0.25, -0.2) is 0 Å². The molecule has 3 amide bonds. The van der Waals surface area contributed by atoms with Gasteiger partial charge in [-0.05, 0) is 36.6 Å². The van der Waals surface area contributed by atoms with E-state index in [1.807, 2.05) is 13.8 Å². The molecule has 0 bridgehead atoms. The van der Waals surface area contributed by atoms with Crippen LogP contribution in [0.25, 0.3) is 0 Å².